The first kappa shape index (κ1) is 15.0. The van der Waals surface area contributed by atoms with Gasteiger partial charge < -0.3 is 4.74 Å². The van der Waals surface area contributed by atoms with E-state index in [-0.39, 0.29) is 6.04 Å². The van der Waals surface area contributed by atoms with E-state index in [0.29, 0.717) is 5.41 Å². The molecule has 3 heteroatoms. The van der Waals surface area contributed by atoms with Crippen molar-refractivity contribution in [3.63, 3.8) is 0 Å². The predicted molar refractivity (Wildman–Crippen MR) is 76.5 cm³/mol. The number of ether oxygens (including phenoxy) is 1. The minimum absolute atomic E-state index is 0.138. The van der Waals surface area contributed by atoms with Gasteiger partial charge in [-0.1, -0.05) is 38.5 Å². The molecule has 1 aromatic carbocycles. The van der Waals surface area contributed by atoms with Crippen LogP contribution in [-0.4, -0.2) is 7.11 Å². The Morgan fingerprint density at radius 1 is 1.33 bits per heavy atom. The number of rotatable bonds is 5. The van der Waals surface area contributed by atoms with E-state index in [2.05, 4.69) is 45.3 Å². The number of benzene rings is 1. The normalized spacial score (nSPS) is 13.4. The number of hydrogen-bond donors (Lipinski definition) is 2. The van der Waals surface area contributed by atoms with Gasteiger partial charge in [-0.25, -0.2) is 0 Å². The van der Waals surface area contributed by atoms with E-state index in [1.165, 1.54) is 5.56 Å². The summed E-state index contributed by atoms with van der Waals surface area (Å²) < 4.78 is 5.42. The van der Waals surface area contributed by atoms with Gasteiger partial charge in [0.2, 0.25) is 0 Å². The highest BCUT2D eigenvalue weighted by Crippen LogP contribution is 2.32. The Balaban J connectivity index is 2.90. The van der Waals surface area contributed by atoms with E-state index in [1.807, 2.05) is 6.07 Å². The summed E-state index contributed by atoms with van der Waals surface area (Å²) in [5, 5.41) is 0. The van der Waals surface area contributed by atoms with Gasteiger partial charge in [-0.05, 0) is 31.2 Å². The van der Waals surface area contributed by atoms with Gasteiger partial charge in [0.1, 0.15) is 5.75 Å². The van der Waals surface area contributed by atoms with Crippen LogP contribution < -0.4 is 16.0 Å². The second kappa shape index (κ2) is 6.21. The number of hydrazine groups is 1. The highest BCUT2D eigenvalue weighted by Gasteiger charge is 2.18. The Kier molecular flexibility index (Phi) is 5.17. The fraction of sp³-hybridized carbons (Fsp3) is 0.600. The second-order valence-electron chi connectivity index (χ2n) is 6.06. The number of aryl methyl sites for hydroxylation is 1. The molecule has 0 bridgehead atoms. The maximum Gasteiger partial charge on any atom is 0.123 e. The number of methoxy groups -OCH3 is 1. The molecule has 1 aromatic rings. The minimum atomic E-state index is 0.138. The SMILES string of the molecule is COc1ccc(C)cc1C(CCC(C)(C)C)NN. The number of nitrogens with one attached hydrogen (secondary N) is 1. The van der Waals surface area contributed by atoms with Gasteiger partial charge in [-0.15, -0.1) is 0 Å². The zero-order valence-corrected chi connectivity index (χ0v) is 12.2. The summed E-state index contributed by atoms with van der Waals surface area (Å²) in [7, 11) is 1.70. The van der Waals surface area contributed by atoms with Gasteiger partial charge in [0.15, 0.2) is 0 Å². The summed E-state index contributed by atoms with van der Waals surface area (Å²) in [5.41, 5.74) is 5.59. The summed E-state index contributed by atoms with van der Waals surface area (Å²) in [6.45, 7) is 8.82. The standard InChI is InChI=1S/C15H26N2O/c1-11-6-7-14(18-5)12(10-11)13(17-16)8-9-15(2,3)4/h6-7,10,13,17H,8-9,16H2,1-5H3. The molecule has 0 amide bonds. The largest absolute Gasteiger partial charge is 0.496 e. The Morgan fingerprint density at radius 3 is 2.50 bits per heavy atom. The van der Waals surface area contributed by atoms with Crippen molar-refractivity contribution in [2.45, 2.75) is 46.6 Å². The first-order chi connectivity index (χ1) is 8.37. The number of nitrogens with two attached hydrogens (primary N) is 1. The van der Waals surface area contributed by atoms with Crippen molar-refractivity contribution in [2.75, 3.05) is 7.11 Å². The summed E-state index contributed by atoms with van der Waals surface area (Å²) in [5.74, 6) is 6.60. The van der Waals surface area contributed by atoms with Crippen LogP contribution in [0.3, 0.4) is 0 Å². The van der Waals surface area contributed by atoms with Crippen LogP contribution in [0.4, 0.5) is 0 Å². The van der Waals surface area contributed by atoms with Crippen LogP contribution in [0.1, 0.15) is 50.8 Å². The fourth-order valence-electron chi connectivity index (χ4n) is 2.03. The average Bonchev–Trinajstić information content (AvgIpc) is 2.28. The average molecular weight is 250 g/mol. The van der Waals surface area contributed by atoms with E-state index in [4.69, 9.17) is 10.6 Å². The zero-order valence-electron chi connectivity index (χ0n) is 12.2. The van der Waals surface area contributed by atoms with Crippen molar-refractivity contribution < 1.29 is 4.74 Å². The third-order valence-electron chi connectivity index (χ3n) is 3.14. The lowest BCUT2D eigenvalue weighted by Crippen LogP contribution is -2.29. The molecule has 18 heavy (non-hydrogen) atoms. The van der Waals surface area contributed by atoms with Crippen molar-refractivity contribution in [1.29, 1.82) is 0 Å². The van der Waals surface area contributed by atoms with E-state index < -0.39 is 0 Å². The lowest BCUT2D eigenvalue weighted by molar-refractivity contribution is 0.327. The van der Waals surface area contributed by atoms with Gasteiger partial charge in [0.25, 0.3) is 0 Å². The quantitative estimate of drug-likeness (QED) is 0.622. The van der Waals surface area contributed by atoms with E-state index in [9.17, 15) is 0 Å². The summed E-state index contributed by atoms with van der Waals surface area (Å²) in [4.78, 5) is 0. The van der Waals surface area contributed by atoms with Crippen LogP contribution in [-0.2, 0) is 0 Å². The summed E-state index contributed by atoms with van der Waals surface area (Å²) in [6.07, 6.45) is 2.11. The first-order valence-corrected chi connectivity index (χ1v) is 6.48. The van der Waals surface area contributed by atoms with Crippen LogP contribution in [0.2, 0.25) is 0 Å². The molecule has 1 atom stereocenters. The van der Waals surface area contributed by atoms with Crippen LogP contribution in [0.25, 0.3) is 0 Å². The summed E-state index contributed by atoms with van der Waals surface area (Å²) >= 11 is 0. The van der Waals surface area contributed by atoms with E-state index in [0.717, 1.165) is 24.2 Å². The lowest BCUT2D eigenvalue weighted by Gasteiger charge is -2.24. The lowest BCUT2D eigenvalue weighted by atomic mass is 9.87. The first-order valence-electron chi connectivity index (χ1n) is 6.48. The van der Waals surface area contributed by atoms with Crippen molar-refractivity contribution >= 4 is 0 Å². The van der Waals surface area contributed by atoms with Crippen molar-refractivity contribution in [2.24, 2.45) is 11.3 Å². The van der Waals surface area contributed by atoms with Crippen LogP contribution >= 0.6 is 0 Å². The molecule has 0 radical (unpaired) electrons. The van der Waals surface area contributed by atoms with Crippen molar-refractivity contribution in [3.8, 4) is 5.75 Å². The Morgan fingerprint density at radius 2 is 2.00 bits per heavy atom. The third kappa shape index (κ3) is 4.31. The molecule has 0 aliphatic rings. The van der Waals surface area contributed by atoms with Gasteiger partial charge >= 0.3 is 0 Å². The van der Waals surface area contributed by atoms with Crippen LogP contribution in [0.15, 0.2) is 18.2 Å². The second-order valence-corrected chi connectivity index (χ2v) is 6.06. The van der Waals surface area contributed by atoms with E-state index in [1.54, 1.807) is 7.11 Å². The molecule has 0 saturated carbocycles. The Labute approximate surface area is 111 Å². The van der Waals surface area contributed by atoms with Gasteiger partial charge in [0.05, 0.1) is 7.11 Å². The molecule has 3 nitrogen and oxygen atoms in total. The maximum atomic E-state index is 5.70. The molecule has 102 valence electrons. The minimum Gasteiger partial charge on any atom is -0.496 e. The van der Waals surface area contributed by atoms with Gasteiger partial charge in [-0.2, -0.15) is 0 Å². The molecular formula is C15H26N2O. The maximum absolute atomic E-state index is 5.70. The molecule has 0 aliphatic heterocycles. The highest BCUT2D eigenvalue weighted by atomic mass is 16.5. The molecule has 0 fully saturated rings. The van der Waals surface area contributed by atoms with Crippen molar-refractivity contribution in [1.82, 2.24) is 5.43 Å². The van der Waals surface area contributed by atoms with Crippen LogP contribution in [0, 0.1) is 12.3 Å². The Hall–Kier alpha value is -1.06. The third-order valence-corrected chi connectivity index (χ3v) is 3.14. The molecule has 3 N–H and O–H groups in total. The molecule has 0 saturated heterocycles. The van der Waals surface area contributed by atoms with Crippen molar-refractivity contribution in [3.05, 3.63) is 29.3 Å². The predicted octanol–water partition coefficient (Wildman–Crippen LogP) is 3.33. The van der Waals surface area contributed by atoms with E-state index >= 15 is 0 Å². The molecule has 0 aromatic heterocycles. The smallest absolute Gasteiger partial charge is 0.123 e. The topological polar surface area (TPSA) is 47.3 Å². The molecule has 0 heterocycles. The highest BCUT2D eigenvalue weighted by molar-refractivity contribution is 5.39. The van der Waals surface area contributed by atoms with Crippen LogP contribution in [0.5, 0.6) is 5.75 Å². The molecular weight excluding hydrogens is 224 g/mol. The van der Waals surface area contributed by atoms with Gasteiger partial charge in [0, 0.05) is 11.6 Å². The monoisotopic (exact) mass is 250 g/mol. The molecule has 0 aliphatic carbocycles. The summed E-state index contributed by atoms with van der Waals surface area (Å²) in [6, 6.07) is 6.34. The number of hydrogen-bond acceptors (Lipinski definition) is 3. The zero-order chi connectivity index (χ0) is 13.8. The fourth-order valence-corrected chi connectivity index (χ4v) is 2.03. The molecule has 1 unspecified atom stereocenters. The Bertz CT molecular complexity index is 383. The molecule has 0 spiro atoms. The van der Waals surface area contributed by atoms with Gasteiger partial charge in [-0.3, -0.25) is 11.3 Å². The molecule has 1 rings (SSSR count).